The molecule has 6 heteroatoms. The smallest absolute Gasteiger partial charge is 0.255 e. The van der Waals surface area contributed by atoms with Crippen molar-refractivity contribution in [3.8, 4) is 5.75 Å². The number of carbonyl (C=O) groups is 2. The first-order valence-electron chi connectivity index (χ1n) is 8.58. The van der Waals surface area contributed by atoms with Crippen molar-refractivity contribution in [2.45, 2.75) is 37.8 Å². The van der Waals surface area contributed by atoms with E-state index in [-0.39, 0.29) is 12.5 Å². The van der Waals surface area contributed by atoms with Crippen molar-refractivity contribution in [2.24, 2.45) is 5.73 Å². The van der Waals surface area contributed by atoms with Gasteiger partial charge < -0.3 is 20.3 Å². The van der Waals surface area contributed by atoms with Gasteiger partial charge in [0.15, 0.2) is 6.61 Å². The molecule has 2 aliphatic heterocycles. The topological polar surface area (TPSA) is 75.9 Å². The fourth-order valence-corrected chi connectivity index (χ4v) is 3.88. The number of ether oxygens (including phenoxy) is 1. The lowest BCUT2D eigenvalue weighted by atomic mass is 10.0. The lowest BCUT2D eigenvalue weighted by Gasteiger charge is -2.33. The number of carbonyl (C=O) groups excluding carboxylic acids is 2. The quantitative estimate of drug-likeness (QED) is 0.881. The summed E-state index contributed by atoms with van der Waals surface area (Å²) in [7, 11) is 2.16. The molecule has 1 aromatic rings. The monoisotopic (exact) mass is 331 g/mol. The van der Waals surface area contributed by atoms with Crippen LogP contribution < -0.4 is 10.5 Å². The van der Waals surface area contributed by atoms with E-state index in [0.29, 0.717) is 23.4 Å². The molecule has 0 saturated carbocycles. The van der Waals surface area contributed by atoms with E-state index in [1.807, 2.05) is 4.90 Å². The first-order chi connectivity index (χ1) is 11.6. The Morgan fingerprint density at radius 3 is 2.42 bits per heavy atom. The van der Waals surface area contributed by atoms with Gasteiger partial charge in [0.25, 0.3) is 11.8 Å². The number of likely N-dealkylation sites (N-methyl/N-ethyl adjacent to an activating group) is 1. The minimum absolute atomic E-state index is 0.0826. The number of nitrogens with two attached hydrogens (primary N) is 1. The molecule has 0 bridgehead atoms. The Morgan fingerprint density at radius 1 is 1.12 bits per heavy atom. The van der Waals surface area contributed by atoms with Crippen LogP contribution in [-0.2, 0) is 4.79 Å². The van der Waals surface area contributed by atoms with Crippen LogP contribution in [0.25, 0.3) is 0 Å². The molecule has 2 amide bonds. The number of rotatable bonds is 5. The fourth-order valence-electron chi connectivity index (χ4n) is 3.88. The van der Waals surface area contributed by atoms with E-state index in [2.05, 4.69) is 11.9 Å². The van der Waals surface area contributed by atoms with Gasteiger partial charge in [0.05, 0.1) is 0 Å². The van der Waals surface area contributed by atoms with Crippen LogP contribution in [0.4, 0.5) is 0 Å². The molecule has 0 aromatic heterocycles. The summed E-state index contributed by atoms with van der Waals surface area (Å²) in [6.45, 7) is 1.79. The van der Waals surface area contributed by atoms with Crippen molar-refractivity contribution in [3.63, 3.8) is 0 Å². The molecule has 2 N–H and O–H groups in total. The number of nitrogens with zero attached hydrogens (tertiary/aromatic N) is 2. The zero-order valence-electron chi connectivity index (χ0n) is 14.1. The second-order valence-corrected chi connectivity index (χ2v) is 6.68. The average molecular weight is 331 g/mol. The van der Waals surface area contributed by atoms with E-state index in [1.165, 1.54) is 12.8 Å². The number of benzene rings is 1. The van der Waals surface area contributed by atoms with Crippen molar-refractivity contribution >= 4 is 11.8 Å². The van der Waals surface area contributed by atoms with E-state index in [0.717, 1.165) is 25.9 Å². The summed E-state index contributed by atoms with van der Waals surface area (Å²) in [5.74, 6) is 0.105. The molecule has 3 rings (SSSR count). The Kier molecular flexibility index (Phi) is 5.04. The zero-order valence-corrected chi connectivity index (χ0v) is 14.1. The van der Waals surface area contributed by atoms with Crippen LogP contribution >= 0.6 is 0 Å². The lowest BCUT2D eigenvalue weighted by molar-refractivity contribution is -0.119. The molecule has 24 heavy (non-hydrogen) atoms. The summed E-state index contributed by atoms with van der Waals surface area (Å²) in [5.41, 5.74) is 5.72. The minimum atomic E-state index is -0.518. The highest BCUT2D eigenvalue weighted by atomic mass is 16.5. The molecule has 0 spiro atoms. The molecule has 2 unspecified atom stereocenters. The predicted molar refractivity (Wildman–Crippen MR) is 90.8 cm³/mol. The van der Waals surface area contributed by atoms with E-state index in [4.69, 9.17) is 10.5 Å². The van der Waals surface area contributed by atoms with E-state index < -0.39 is 5.91 Å². The first-order valence-corrected chi connectivity index (χ1v) is 8.58. The Hall–Kier alpha value is -2.08. The van der Waals surface area contributed by atoms with Gasteiger partial charge in [-0.15, -0.1) is 0 Å². The maximum absolute atomic E-state index is 12.9. The molecular weight excluding hydrogens is 306 g/mol. The van der Waals surface area contributed by atoms with Crippen LogP contribution in [0.5, 0.6) is 5.75 Å². The predicted octanol–water partition coefficient (Wildman–Crippen LogP) is 1.25. The third-order valence-electron chi connectivity index (χ3n) is 5.06. The van der Waals surface area contributed by atoms with Crippen LogP contribution in [-0.4, -0.2) is 60.4 Å². The normalized spacial score (nSPS) is 24.3. The third-order valence-corrected chi connectivity index (χ3v) is 5.06. The van der Waals surface area contributed by atoms with Crippen LogP contribution in [0, 0.1) is 0 Å². The summed E-state index contributed by atoms with van der Waals surface area (Å²) in [5, 5.41) is 0. The van der Waals surface area contributed by atoms with Crippen LogP contribution in [0.2, 0.25) is 0 Å². The zero-order chi connectivity index (χ0) is 17.1. The minimum Gasteiger partial charge on any atom is -0.484 e. The molecule has 6 nitrogen and oxygen atoms in total. The van der Waals surface area contributed by atoms with E-state index >= 15 is 0 Å². The maximum atomic E-state index is 12.9. The van der Waals surface area contributed by atoms with Crippen LogP contribution in [0.3, 0.4) is 0 Å². The molecule has 130 valence electrons. The highest BCUT2D eigenvalue weighted by molar-refractivity contribution is 5.94. The second kappa shape index (κ2) is 7.21. The Morgan fingerprint density at radius 2 is 1.79 bits per heavy atom. The number of amides is 2. The van der Waals surface area contributed by atoms with Gasteiger partial charge in [-0.25, -0.2) is 0 Å². The van der Waals surface area contributed by atoms with Crippen molar-refractivity contribution < 1.29 is 14.3 Å². The molecule has 2 atom stereocenters. The summed E-state index contributed by atoms with van der Waals surface area (Å²) in [4.78, 5) is 28.1. The van der Waals surface area contributed by atoms with Crippen LogP contribution in [0.15, 0.2) is 24.3 Å². The van der Waals surface area contributed by atoms with Gasteiger partial charge in [-0.3, -0.25) is 9.59 Å². The van der Waals surface area contributed by atoms with Gasteiger partial charge in [0, 0.05) is 24.2 Å². The number of likely N-dealkylation sites (tertiary alicyclic amines) is 2. The van der Waals surface area contributed by atoms with Crippen molar-refractivity contribution in [1.82, 2.24) is 9.80 Å². The first kappa shape index (κ1) is 16.8. The third kappa shape index (κ3) is 3.53. The highest BCUT2D eigenvalue weighted by Crippen LogP contribution is 2.30. The average Bonchev–Trinajstić information content (AvgIpc) is 3.21. The highest BCUT2D eigenvalue weighted by Gasteiger charge is 2.38. The summed E-state index contributed by atoms with van der Waals surface area (Å²) < 4.78 is 5.24. The molecular formula is C18H25N3O3. The van der Waals surface area contributed by atoms with Gasteiger partial charge in [0.2, 0.25) is 0 Å². The van der Waals surface area contributed by atoms with Crippen molar-refractivity contribution in [1.29, 1.82) is 0 Å². The van der Waals surface area contributed by atoms with Crippen molar-refractivity contribution in [3.05, 3.63) is 29.8 Å². The molecule has 2 fully saturated rings. The molecule has 2 heterocycles. The van der Waals surface area contributed by atoms with Gasteiger partial charge in [-0.1, -0.05) is 0 Å². The molecule has 1 aromatic carbocycles. The van der Waals surface area contributed by atoms with Crippen molar-refractivity contribution in [2.75, 3.05) is 26.7 Å². The van der Waals surface area contributed by atoms with Gasteiger partial charge in [0.1, 0.15) is 5.75 Å². The SMILES string of the molecule is CN1CCCC1C1CCCN1C(=O)c1ccc(OCC(N)=O)cc1. The molecule has 2 aliphatic rings. The molecule has 0 aliphatic carbocycles. The van der Waals surface area contributed by atoms with Gasteiger partial charge in [-0.2, -0.15) is 0 Å². The number of primary amides is 1. The van der Waals surface area contributed by atoms with Crippen LogP contribution in [0.1, 0.15) is 36.0 Å². The standard InChI is InChI=1S/C18H25N3O3/c1-20-10-2-4-15(20)16-5-3-11-21(16)18(23)13-6-8-14(9-7-13)24-12-17(19)22/h6-9,15-16H,2-5,10-12H2,1H3,(H2,19,22). The van der Waals surface area contributed by atoms with Gasteiger partial charge in [-0.05, 0) is 63.5 Å². The number of hydrogen-bond acceptors (Lipinski definition) is 4. The maximum Gasteiger partial charge on any atom is 0.255 e. The molecule has 0 radical (unpaired) electrons. The van der Waals surface area contributed by atoms with E-state index in [1.54, 1.807) is 24.3 Å². The Balaban J connectivity index is 1.67. The fraction of sp³-hybridized carbons (Fsp3) is 0.556. The number of hydrogen-bond donors (Lipinski definition) is 1. The van der Waals surface area contributed by atoms with Gasteiger partial charge >= 0.3 is 0 Å². The molecule has 2 saturated heterocycles. The Labute approximate surface area is 142 Å². The summed E-state index contributed by atoms with van der Waals surface area (Å²) in [6.07, 6.45) is 4.54. The summed E-state index contributed by atoms with van der Waals surface area (Å²) in [6, 6.07) is 7.73. The van der Waals surface area contributed by atoms with E-state index in [9.17, 15) is 9.59 Å². The summed E-state index contributed by atoms with van der Waals surface area (Å²) >= 11 is 0. The lowest BCUT2D eigenvalue weighted by Crippen LogP contribution is -2.47. The largest absolute Gasteiger partial charge is 0.484 e. The second-order valence-electron chi connectivity index (χ2n) is 6.68. The Bertz CT molecular complexity index is 602.